The van der Waals surface area contributed by atoms with Crippen molar-refractivity contribution >= 4 is 6.09 Å². The van der Waals surface area contributed by atoms with Crippen molar-refractivity contribution in [3.8, 4) is 0 Å². The Labute approximate surface area is 110 Å². The monoisotopic (exact) mass is 254 g/mol. The molecule has 1 aliphatic carbocycles. The Kier molecular flexibility index (Phi) is 3.85. The highest BCUT2D eigenvalue weighted by atomic mass is 16.6. The first kappa shape index (κ1) is 13.7. The first-order valence-corrected chi connectivity index (χ1v) is 7.09. The number of hydrogen-bond donors (Lipinski definition) is 1. The Bertz CT molecular complexity index is 307. The van der Waals surface area contributed by atoms with Gasteiger partial charge in [0.05, 0.1) is 6.04 Å². The summed E-state index contributed by atoms with van der Waals surface area (Å²) in [5, 5.41) is 3.40. The molecule has 2 rings (SSSR count). The normalized spacial score (nSPS) is 26.2. The molecule has 0 aromatic rings. The van der Waals surface area contributed by atoms with Crippen LogP contribution in [-0.2, 0) is 4.74 Å². The molecule has 0 aromatic heterocycles. The molecule has 4 heteroatoms. The maximum Gasteiger partial charge on any atom is 0.410 e. The van der Waals surface area contributed by atoms with E-state index in [0.29, 0.717) is 12.1 Å². The average Bonchev–Trinajstić information content (AvgIpc) is 2.08. The van der Waals surface area contributed by atoms with Gasteiger partial charge in [-0.2, -0.15) is 0 Å². The van der Waals surface area contributed by atoms with Crippen LogP contribution in [0.3, 0.4) is 0 Å². The van der Waals surface area contributed by atoms with E-state index in [4.69, 9.17) is 4.74 Å². The van der Waals surface area contributed by atoms with Crippen molar-refractivity contribution in [2.75, 3.05) is 13.6 Å². The molecule has 0 bridgehead atoms. The molecule has 1 N–H and O–H groups in total. The van der Waals surface area contributed by atoms with Crippen LogP contribution >= 0.6 is 0 Å². The molecule has 0 spiro atoms. The SMILES string of the molecule is CNC(C1CCC1)C1CCN1C(=O)OC(C)(C)C. The van der Waals surface area contributed by atoms with Crippen LogP contribution in [0.15, 0.2) is 0 Å². The number of amides is 1. The predicted molar refractivity (Wildman–Crippen MR) is 71.5 cm³/mol. The number of likely N-dealkylation sites (tertiary alicyclic amines) is 1. The van der Waals surface area contributed by atoms with Gasteiger partial charge in [0.2, 0.25) is 0 Å². The highest BCUT2D eigenvalue weighted by molar-refractivity contribution is 5.69. The Morgan fingerprint density at radius 2 is 2.00 bits per heavy atom. The van der Waals surface area contributed by atoms with Gasteiger partial charge in [-0.05, 0) is 53.0 Å². The van der Waals surface area contributed by atoms with Crippen LogP contribution in [-0.4, -0.2) is 42.3 Å². The van der Waals surface area contributed by atoms with Crippen LogP contribution < -0.4 is 5.32 Å². The van der Waals surface area contributed by atoms with E-state index in [1.54, 1.807) is 0 Å². The largest absolute Gasteiger partial charge is 0.444 e. The lowest BCUT2D eigenvalue weighted by Crippen LogP contribution is -2.63. The lowest BCUT2D eigenvalue weighted by molar-refractivity contribution is -0.0215. The Morgan fingerprint density at radius 1 is 1.33 bits per heavy atom. The summed E-state index contributed by atoms with van der Waals surface area (Å²) in [6.07, 6.45) is 4.87. The molecule has 1 saturated carbocycles. The second-order valence-corrected chi connectivity index (χ2v) is 6.54. The number of carbonyl (C=O) groups excluding carboxylic acids is 1. The van der Waals surface area contributed by atoms with Gasteiger partial charge in [-0.25, -0.2) is 4.79 Å². The molecule has 1 saturated heterocycles. The molecule has 1 aliphatic heterocycles. The molecule has 4 nitrogen and oxygen atoms in total. The van der Waals surface area contributed by atoms with Crippen molar-refractivity contribution < 1.29 is 9.53 Å². The highest BCUT2D eigenvalue weighted by Crippen LogP contribution is 2.36. The number of rotatable bonds is 3. The second-order valence-electron chi connectivity index (χ2n) is 6.54. The molecule has 104 valence electrons. The zero-order chi connectivity index (χ0) is 13.3. The van der Waals surface area contributed by atoms with E-state index in [9.17, 15) is 4.79 Å². The van der Waals surface area contributed by atoms with Crippen LogP contribution in [0, 0.1) is 5.92 Å². The third-order valence-electron chi connectivity index (χ3n) is 4.10. The summed E-state index contributed by atoms with van der Waals surface area (Å²) < 4.78 is 5.46. The zero-order valence-electron chi connectivity index (χ0n) is 12.0. The third kappa shape index (κ3) is 2.79. The number of likely N-dealkylation sites (N-methyl/N-ethyl adjacent to an activating group) is 1. The predicted octanol–water partition coefficient (Wildman–Crippen LogP) is 2.38. The average molecular weight is 254 g/mol. The smallest absolute Gasteiger partial charge is 0.410 e. The Hall–Kier alpha value is -0.770. The van der Waals surface area contributed by atoms with Gasteiger partial charge in [-0.3, -0.25) is 0 Å². The molecule has 2 aliphatic rings. The summed E-state index contributed by atoms with van der Waals surface area (Å²) in [5.74, 6) is 0.741. The number of nitrogens with zero attached hydrogens (tertiary/aromatic N) is 1. The van der Waals surface area contributed by atoms with E-state index < -0.39 is 5.60 Å². The van der Waals surface area contributed by atoms with E-state index in [1.165, 1.54) is 19.3 Å². The Balaban J connectivity index is 1.92. The quantitative estimate of drug-likeness (QED) is 0.840. The van der Waals surface area contributed by atoms with Crippen molar-refractivity contribution in [2.24, 2.45) is 5.92 Å². The standard InChI is InChI=1S/C14H26N2O2/c1-14(2,3)18-13(17)16-9-8-11(16)12(15-4)10-6-5-7-10/h10-12,15H,5-9H2,1-4H3. The van der Waals surface area contributed by atoms with Gasteiger partial charge in [0.25, 0.3) is 0 Å². The molecule has 18 heavy (non-hydrogen) atoms. The molecular weight excluding hydrogens is 228 g/mol. The molecule has 0 radical (unpaired) electrons. The van der Waals surface area contributed by atoms with Gasteiger partial charge in [0.15, 0.2) is 0 Å². The number of hydrogen-bond acceptors (Lipinski definition) is 3. The molecule has 2 atom stereocenters. The fourth-order valence-electron chi connectivity index (χ4n) is 2.87. The minimum absolute atomic E-state index is 0.154. The van der Waals surface area contributed by atoms with Gasteiger partial charge in [-0.1, -0.05) is 6.42 Å². The number of nitrogens with one attached hydrogen (secondary N) is 1. The molecule has 2 unspecified atom stereocenters. The lowest BCUT2D eigenvalue weighted by Gasteiger charge is -2.49. The van der Waals surface area contributed by atoms with Crippen LogP contribution in [0.5, 0.6) is 0 Å². The molecule has 0 aromatic carbocycles. The zero-order valence-corrected chi connectivity index (χ0v) is 12.0. The van der Waals surface area contributed by atoms with Gasteiger partial charge < -0.3 is 15.0 Å². The van der Waals surface area contributed by atoms with Crippen molar-refractivity contribution in [3.63, 3.8) is 0 Å². The van der Waals surface area contributed by atoms with E-state index >= 15 is 0 Å². The molecule has 1 amide bonds. The van der Waals surface area contributed by atoms with Gasteiger partial charge in [0, 0.05) is 12.6 Å². The van der Waals surface area contributed by atoms with Gasteiger partial charge in [-0.15, -0.1) is 0 Å². The van der Waals surface area contributed by atoms with E-state index in [1.807, 2.05) is 32.7 Å². The van der Waals surface area contributed by atoms with E-state index in [0.717, 1.165) is 18.9 Å². The van der Waals surface area contributed by atoms with Gasteiger partial charge >= 0.3 is 6.09 Å². The molecule has 2 fully saturated rings. The van der Waals surface area contributed by atoms with Crippen molar-refractivity contribution in [1.82, 2.24) is 10.2 Å². The van der Waals surface area contributed by atoms with E-state index in [-0.39, 0.29) is 6.09 Å². The lowest BCUT2D eigenvalue weighted by atomic mass is 9.74. The Morgan fingerprint density at radius 3 is 2.33 bits per heavy atom. The number of ether oxygens (including phenoxy) is 1. The fourth-order valence-corrected chi connectivity index (χ4v) is 2.87. The summed E-state index contributed by atoms with van der Waals surface area (Å²) in [6, 6.07) is 0.773. The minimum atomic E-state index is -0.400. The van der Waals surface area contributed by atoms with Crippen molar-refractivity contribution in [2.45, 2.75) is 64.1 Å². The first-order chi connectivity index (χ1) is 8.42. The summed E-state index contributed by atoms with van der Waals surface area (Å²) >= 11 is 0. The molecule has 1 heterocycles. The minimum Gasteiger partial charge on any atom is -0.444 e. The van der Waals surface area contributed by atoms with E-state index in [2.05, 4.69) is 5.32 Å². The van der Waals surface area contributed by atoms with Crippen molar-refractivity contribution in [3.05, 3.63) is 0 Å². The summed E-state index contributed by atoms with van der Waals surface area (Å²) in [6.45, 7) is 6.59. The first-order valence-electron chi connectivity index (χ1n) is 7.09. The van der Waals surface area contributed by atoms with Gasteiger partial charge in [0.1, 0.15) is 5.60 Å². The maximum atomic E-state index is 12.1. The summed E-state index contributed by atoms with van der Waals surface area (Å²) in [7, 11) is 2.01. The second kappa shape index (κ2) is 5.08. The topological polar surface area (TPSA) is 41.6 Å². The van der Waals surface area contributed by atoms with Crippen LogP contribution in [0.25, 0.3) is 0 Å². The summed E-state index contributed by atoms with van der Waals surface area (Å²) in [4.78, 5) is 14.0. The third-order valence-corrected chi connectivity index (χ3v) is 4.10. The summed E-state index contributed by atoms with van der Waals surface area (Å²) in [5.41, 5.74) is -0.400. The van der Waals surface area contributed by atoms with Crippen molar-refractivity contribution in [1.29, 1.82) is 0 Å². The van der Waals surface area contributed by atoms with Crippen LogP contribution in [0.1, 0.15) is 46.5 Å². The maximum absolute atomic E-state index is 12.1. The number of carbonyl (C=O) groups is 1. The van der Waals surface area contributed by atoms with Crippen LogP contribution in [0.2, 0.25) is 0 Å². The molecular formula is C14H26N2O2. The van der Waals surface area contributed by atoms with Crippen LogP contribution in [0.4, 0.5) is 4.79 Å². The highest BCUT2D eigenvalue weighted by Gasteiger charge is 2.43. The fraction of sp³-hybridized carbons (Fsp3) is 0.929.